The molecule has 1 amide bonds. The van der Waals surface area contributed by atoms with Crippen LogP contribution >= 0.6 is 0 Å². The van der Waals surface area contributed by atoms with E-state index in [0.29, 0.717) is 18.4 Å². The lowest BCUT2D eigenvalue weighted by Crippen LogP contribution is -2.43. The van der Waals surface area contributed by atoms with Crippen molar-refractivity contribution in [3.63, 3.8) is 0 Å². The SMILES string of the molecule is CN(Cc1nccn1CC(F)(F)F)C(=O)C1CCN(S(=O)(=O)Cc2ccccc2)CC1. The molecule has 11 heteroatoms. The van der Waals surface area contributed by atoms with Gasteiger partial charge in [0.2, 0.25) is 15.9 Å². The van der Waals surface area contributed by atoms with Crippen LogP contribution in [0.3, 0.4) is 0 Å². The molecule has 3 rings (SSSR count). The van der Waals surface area contributed by atoms with E-state index >= 15 is 0 Å². The number of sulfonamides is 1. The number of aromatic nitrogens is 2. The van der Waals surface area contributed by atoms with Crippen molar-refractivity contribution in [2.75, 3.05) is 20.1 Å². The zero-order valence-electron chi connectivity index (χ0n) is 17.1. The fourth-order valence-electron chi connectivity index (χ4n) is 3.69. The summed E-state index contributed by atoms with van der Waals surface area (Å²) in [6, 6.07) is 8.90. The summed E-state index contributed by atoms with van der Waals surface area (Å²) in [6.07, 6.45) is -1.13. The van der Waals surface area contributed by atoms with Crippen molar-refractivity contribution in [2.45, 2.75) is 37.9 Å². The van der Waals surface area contributed by atoms with Gasteiger partial charge in [0.1, 0.15) is 12.4 Å². The molecule has 0 unspecified atom stereocenters. The molecule has 7 nitrogen and oxygen atoms in total. The van der Waals surface area contributed by atoms with E-state index < -0.39 is 22.7 Å². The third kappa shape index (κ3) is 6.30. The van der Waals surface area contributed by atoms with E-state index in [9.17, 15) is 26.4 Å². The summed E-state index contributed by atoms with van der Waals surface area (Å²) in [5, 5.41) is 0. The quantitative estimate of drug-likeness (QED) is 0.639. The molecular weight excluding hydrogens is 433 g/mol. The summed E-state index contributed by atoms with van der Waals surface area (Å²) in [4.78, 5) is 18.1. The standard InChI is InChI=1S/C20H25F3N4O3S/c1-25(13-18-24-9-12-26(18)15-20(21,22)23)19(28)17-7-10-27(11-8-17)31(29,30)14-16-5-3-2-4-6-16/h2-6,9,12,17H,7-8,10-11,13-15H2,1H3. The van der Waals surface area contributed by atoms with Crippen LogP contribution in [-0.2, 0) is 33.7 Å². The van der Waals surface area contributed by atoms with Gasteiger partial charge in [-0.25, -0.2) is 17.7 Å². The summed E-state index contributed by atoms with van der Waals surface area (Å²) in [7, 11) is -1.96. The van der Waals surface area contributed by atoms with Crippen LogP contribution in [0.5, 0.6) is 0 Å². The molecule has 2 heterocycles. The molecule has 1 aliphatic rings. The molecule has 1 aromatic carbocycles. The minimum Gasteiger partial charge on any atom is -0.338 e. The number of hydrogen-bond acceptors (Lipinski definition) is 4. The summed E-state index contributed by atoms with van der Waals surface area (Å²) < 4.78 is 65.7. The Morgan fingerprint density at radius 1 is 1.19 bits per heavy atom. The Bertz CT molecular complexity index is 985. The topological polar surface area (TPSA) is 75.5 Å². The number of carbonyl (C=O) groups is 1. The van der Waals surface area contributed by atoms with Gasteiger partial charge in [0.15, 0.2) is 0 Å². The monoisotopic (exact) mass is 458 g/mol. The molecule has 1 aromatic heterocycles. The van der Waals surface area contributed by atoms with Crippen LogP contribution in [0.15, 0.2) is 42.7 Å². The Hall–Kier alpha value is -2.40. The molecule has 0 radical (unpaired) electrons. The molecule has 1 fully saturated rings. The average Bonchev–Trinajstić information content (AvgIpc) is 3.12. The number of piperidine rings is 1. The molecule has 0 N–H and O–H groups in total. The lowest BCUT2D eigenvalue weighted by Gasteiger charge is -2.32. The van der Waals surface area contributed by atoms with E-state index in [1.54, 1.807) is 24.3 Å². The predicted octanol–water partition coefficient (Wildman–Crippen LogP) is 2.65. The Kier molecular flexibility index (Phi) is 7.05. The van der Waals surface area contributed by atoms with E-state index in [1.165, 1.54) is 28.6 Å². The molecule has 0 aliphatic carbocycles. The van der Waals surface area contributed by atoms with Crippen molar-refractivity contribution < 1.29 is 26.4 Å². The van der Waals surface area contributed by atoms with Gasteiger partial charge in [0.05, 0.1) is 12.3 Å². The second-order valence-electron chi connectivity index (χ2n) is 7.70. The maximum absolute atomic E-state index is 12.8. The van der Waals surface area contributed by atoms with Crippen LogP contribution in [0.1, 0.15) is 24.2 Å². The molecule has 0 saturated carbocycles. The van der Waals surface area contributed by atoms with Crippen molar-refractivity contribution in [1.29, 1.82) is 0 Å². The molecule has 0 spiro atoms. The minimum absolute atomic E-state index is 0.0472. The first-order chi connectivity index (χ1) is 14.5. The Labute approximate surface area is 179 Å². The second kappa shape index (κ2) is 9.39. The number of halogens is 3. The minimum atomic E-state index is -4.38. The molecule has 0 atom stereocenters. The van der Waals surface area contributed by atoms with Crippen LogP contribution in [0.25, 0.3) is 0 Å². The number of imidazole rings is 1. The number of rotatable bonds is 7. The first-order valence-electron chi connectivity index (χ1n) is 9.88. The summed E-state index contributed by atoms with van der Waals surface area (Å²) in [5.41, 5.74) is 0.704. The van der Waals surface area contributed by atoms with Gasteiger partial charge in [-0.2, -0.15) is 13.2 Å². The number of nitrogens with zero attached hydrogens (tertiary/aromatic N) is 4. The van der Waals surface area contributed by atoms with Gasteiger partial charge in [0.25, 0.3) is 0 Å². The fraction of sp³-hybridized carbons (Fsp3) is 0.500. The highest BCUT2D eigenvalue weighted by atomic mass is 32.2. The van der Waals surface area contributed by atoms with Crippen molar-refractivity contribution >= 4 is 15.9 Å². The van der Waals surface area contributed by atoms with Crippen molar-refractivity contribution in [2.24, 2.45) is 5.92 Å². The van der Waals surface area contributed by atoms with E-state index in [1.807, 2.05) is 6.07 Å². The molecule has 1 saturated heterocycles. The molecule has 31 heavy (non-hydrogen) atoms. The first-order valence-corrected chi connectivity index (χ1v) is 11.5. The van der Waals surface area contributed by atoms with Crippen molar-refractivity contribution in [1.82, 2.24) is 18.8 Å². The maximum atomic E-state index is 12.8. The van der Waals surface area contributed by atoms with Gasteiger partial charge in [0, 0.05) is 38.4 Å². The first kappa shape index (κ1) is 23.3. The third-order valence-corrected chi connectivity index (χ3v) is 7.14. The lowest BCUT2D eigenvalue weighted by molar-refractivity contribution is -0.141. The number of carbonyl (C=O) groups excluding carboxylic acids is 1. The predicted molar refractivity (Wildman–Crippen MR) is 108 cm³/mol. The Morgan fingerprint density at radius 3 is 2.45 bits per heavy atom. The fourth-order valence-corrected chi connectivity index (χ4v) is 5.25. The Balaban J connectivity index is 1.55. The maximum Gasteiger partial charge on any atom is 0.406 e. The Morgan fingerprint density at radius 2 is 1.84 bits per heavy atom. The number of amides is 1. The number of hydrogen-bond donors (Lipinski definition) is 0. The largest absolute Gasteiger partial charge is 0.406 e. The third-order valence-electron chi connectivity index (χ3n) is 5.29. The second-order valence-corrected chi connectivity index (χ2v) is 9.66. The summed E-state index contributed by atoms with van der Waals surface area (Å²) in [6.45, 7) is -0.735. The smallest absolute Gasteiger partial charge is 0.338 e. The van der Waals surface area contributed by atoms with Crippen LogP contribution < -0.4 is 0 Å². The van der Waals surface area contributed by atoms with Gasteiger partial charge in [-0.1, -0.05) is 30.3 Å². The van der Waals surface area contributed by atoms with E-state index in [-0.39, 0.29) is 43.0 Å². The van der Waals surface area contributed by atoms with Crippen molar-refractivity contribution in [3.8, 4) is 0 Å². The summed E-state index contributed by atoms with van der Waals surface area (Å²) in [5.74, 6) is -0.536. The molecule has 0 bridgehead atoms. The van der Waals surface area contributed by atoms with Gasteiger partial charge < -0.3 is 9.47 Å². The van der Waals surface area contributed by atoms with E-state index in [0.717, 1.165) is 4.57 Å². The highest BCUT2D eigenvalue weighted by Gasteiger charge is 2.33. The van der Waals surface area contributed by atoms with Gasteiger partial charge in [-0.15, -0.1) is 0 Å². The van der Waals surface area contributed by atoms with Crippen LogP contribution in [0, 0.1) is 5.92 Å². The molecule has 170 valence electrons. The molecule has 1 aliphatic heterocycles. The van der Waals surface area contributed by atoms with Crippen LogP contribution in [-0.4, -0.2) is 59.4 Å². The van der Waals surface area contributed by atoms with E-state index in [4.69, 9.17) is 0 Å². The van der Waals surface area contributed by atoms with E-state index in [2.05, 4.69) is 4.98 Å². The van der Waals surface area contributed by atoms with Crippen LogP contribution in [0.4, 0.5) is 13.2 Å². The van der Waals surface area contributed by atoms with Gasteiger partial charge in [-0.05, 0) is 18.4 Å². The zero-order valence-corrected chi connectivity index (χ0v) is 17.9. The highest BCUT2D eigenvalue weighted by molar-refractivity contribution is 7.88. The number of alkyl halides is 3. The van der Waals surface area contributed by atoms with Crippen LogP contribution in [0.2, 0.25) is 0 Å². The van der Waals surface area contributed by atoms with Gasteiger partial charge in [-0.3, -0.25) is 4.79 Å². The number of benzene rings is 1. The zero-order chi connectivity index (χ0) is 22.6. The average molecular weight is 459 g/mol. The lowest BCUT2D eigenvalue weighted by atomic mass is 9.96. The molecule has 2 aromatic rings. The normalized spacial score (nSPS) is 16.4. The van der Waals surface area contributed by atoms with Gasteiger partial charge >= 0.3 is 6.18 Å². The highest BCUT2D eigenvalue weighted by Crippen LogP contribution is 2.24. The summed E-state index contributed by atoms with van der Waals surface area (Å²) >= 11 is 0. The van der Waals surface area contributed by atoms with Crippen molar-refractivity contribution in [3.05, 3.63) is 54.1 Å². The molecular formula is C20H25F3N4O3S.